The molecule has 1 aromatic rings. The van der Waals surface area contributed by atoms with Crippen LogP contribution < -0.4 is 0 Å². The van der Waals surface area contributed by atoms with E-state index < -0.39 is 0 Å². The summed E-state index contributed by atoms with van der Waals surface area (Å²) >= 11 is 1.77. The zero-order chi connectivity index (χ0) is 8.81. The first kappa shape index (κ1) is 9.33. The van der Waals surface area contributed by atoms with Crippen molar-refractivity contribution in [2.24, 2.45) is 4.99 Å². The smallest absolute Gasteiger partial charge is 0.0973 e. The first-order valence-electron chi connectivity index (χ1n) is 3.94. The number of aliphatic imine (C=N–C) groups is 1. The number of hydrogen-bond donors (Lipinski definition) is 0. The maximum atomic E-state index is 4.21. The second-order valence-electron chi connectivity index (χ2n) is 2.25. The molecule has 2 heteroatoms. The van der Waals surface area contributed by atoms with Gasteiger partial charge in [0.15, 0.2) is 0 Å². The van der Waals surface area contributed by atoms with Crippen molar-refractivity contribution >= 4 is 16.8 Å². The Bertz CT molecular complexity index is 254. The normalized spacial score (nSPS) is 11.7. The van der Waals surface area contributed by atoms with Crippen LogP contribution in [0.1, 0.15) is 12.5 Å². The molecule has 0 aromatic heterocycles. The molecule has 1 aromatic carbocycles. The molecule has 0 aliphatic rings. The molecule has 0 bridgehead atoms. The van der Waals surface area contributed by atoms with Crippen molar-refractivity contribution in [3.05, 3.63) is 35.9 Å². The maximum Gasteiger partial charge on any atom is 0.0973 e. The van der Waals surface area contributed by atoms with Crippen molar-refractivity contribution in [3.63, 3.8) is 0 Å². The van der Waals surface area contributed by atoms with Gasteiger partial charge in [0.05, 0.1) is 5.04 Å². The van der Waals surface area contributed by atoms with Gasteiger partial charge in [0.2, 0.25) is 0 Å². The number of nitrogens with zero attached hydrogens (tertiary/aromatic N) is 1. The molecule has 0 amide bonds. The first-order valence-corrected chi connectivity index (χ1v) is 4.93. The van der Waals surface area contributed by atoms with Crippen molar-refractivity contribution in [3.8, 4) is 0 Å². The number of benzene rings is 1. The molecule has 1 rings (SSSR count). The zero-order valence-corrected chi connectivity index (χ0v) is 8.19. The molecule has 0 aliphatic carbocycles. The Balaban J connectivity index is 2.82. The molecule has 0 unspecified atom stereocenters. The lowest BCUT2D eigenvalue weighted by Gasteiger charge is -2.01. The molecule has 0 heterocycles. The summed E-state index contributed by atoms with van der Waals surface area (Å²) in [4.78, 5) is 4.21. The van der Waals surface area contributed by atoms with E-state index >= 15 is 0 Å². The summed E-state index contributed by atoms with van der Waals surface area (Å²) in [6, 6.07) is 10.9. The summed E-state index contributed by atoms with van der Waals surface area (Å²) in [7, 11) is 1.83. The fourth-order valence-corrected chi connectivity index (χ4v) is 1.65. The highest BCUT2D eigenvalue weighted by molar-refractivity contribution is 8.14. The van der Waals surface area contributed by atoms with Crippen LogP contribution in [0, 0.1) is 6.07 Å². The zero-order valence-electron chi connectivity index (χ0n) is 7.37. The van der Waals surface area contributed by atoms with Gasteiger partial charge in [-0.25, -0.2) is 0 Å². The molecule has 0 N–H and O–H groups in total. The van der Waals surface area contributed by atoms with E-state index in [2.05, 4.69) is 18.0 Å². The predicted octanol–water partition coefficient (Wildman–Crippen LogP) is 2.62. The summed E-state index contributed by atoms with van der Waals surface area (Å²) < 4.78 is 0. The number of rotatable bonds is 2. The van der Waals surface area contributed by atoms with E-state index in [9.17, 15) is 0 Å². The largest absolute Gasteiger partial charge is 0.281 e. The van der Waals surface area contributed by atoms with Crippen molar-refractivity contribution in [2.45, 2.75) is 6.92 Å². The van der Waals surface area contributed by atoms with Gasteiger partial charge in [-0.1, -0.05) is 31.2 Å². The van der Waals surface area contributed by atoms with Crippen molar-refractivity contribution in [2.75, 3.05) is 12.8 Å². The van der Waals surface area contributed by atoms with E-state index in [1.54, 1.807) is 11.8 Å². The van der Waals surface area contributed by atoms with Crippen LogP contribution >= 0.6 is 11.8 Å². The Labute approximate surface area is 77.9 Å². The molecule has 0 saturated carbocycles. The van der Waals surface area contributed by atoms with E-state index in [0.29, 0.717) is 0 Å². The molecule has 12 heavy (non-hydrogen) atoms. The van der Waals surface area contributed by atoms with E-state index in [4.69, 9.17) is 0 Å². The Morgan fingerprint density at radius 2 is 2.17 bits per heavy atom. The van der Waals surface area contributed by atoms with Crippen molar-refractivity contribution in [1.82, 2.24) is 0 Å². The first-order chi connectivity index (χ1) is 5.88. The molecule has 0 spiro atoms. The van der Waals surface area contributed by atoms with Crippen LogP contribution in [-0.4, -0.2) is 17.8 Å². The summed E-state index contributed by atoms with van der Waals surface area (Å²) in [6.07, 6.45) is 0. The standard InChI is InChI=1S/C10H12NS/c1-3-12-10(11-2)9-7-5-4-6-8-9/h5-8H,3H2,1-2H3/b11-10+. The van der Waals surface area contributed by atoms with E-state index in [1.807, 2.05) is 31.3 Å². The minimum absolute atomic E-state index is 1.06. The molecule has 0 fully saturated rings. The van der Waals surface area contributed by atoms with E-state index in [-0.39, 0.29) is 0 Å². The highest BCUT2D eigenvalue weighted by atomic mass is 32.2. The van der Waals surface area contributed by atoms with Crippen LogP contribution in [0.3, 0.4) is 0 Å². The third-order valence-corrected chi connectivity index (χ3v) is 2.43. The third kappa shape index (κ3) is 2.38. The van der Waals surface area contributed by atoms with Crippen molar-refractivity contribution in [1.29, 1.82) is 0 Å². The second kappa shape index (κ2) is 4.99. The van der Waals surface area contributed by atoms with Gasteiger partial charge >= 0.3 is 0 Å². The fraction of sp³-hybridized carbons (Fsp3) is 0.300. The molecule has 0 atom stereocenters. The predicted molar refractivity (Wildman–Crippen MR) is 55.9 cm³/mol. The average Bonchev–Trinajstić information content (AvgIpc) is 2.15. The lowest BCUT2D eigenvalue weighted by molar-refractivity contribution is 1.45. The van der Waals surface area contributed by atoms with Crippen LogP contribution in [0.25, 0.3) is 0 Å². The Morgan fingerprint density at radius 3 is 2.67 bits per heavy atom. The Hall–Kier alpha value is -0.760. The van der Waals surface area contributed by atoms with Crippen LogP contribution in [0.5, 0.6) is 0 Å². The molecular weight excluding hydrogens is 166 g/mol. The quantitative estimate of drug-likeness (QED) is 0.501. The van der Waals surface area contributed by atoms with Gasteiger partial charge in [0.1, 0.15) is 0 Å². The second-order valence-corrected chi connectivity index (χ2v) is 3.50. The van der Waals surface area contributed by atoms with Crippen LogP contribution in [0.4, 0.5) is 0 Å². The highest BCUT2D eigenvalue weighted by Gasteiger charge is 1.99. The third-order valence-electron chi connectivity index (χ3n) is 1.45. The topological polar surface area (TPSA) is 12.4 Å². The molecule has 1 radical (unpaired) electrons. The molecular formula is C10H12NS. The highest BCUT2D eigenvalue weighted by Crippen LogP contribution is 2.12. The van der Waals surface area contributed by atoms with Crippen molar-refractivity contribution < 1.29 is 0 Å². The van der Waals surface area contributed by atoms with Gasteiger partial charge in [-0.3, -0.25) is 4.99 Å². The lowest BCUT2D eigenvalue weighted by Crippen LogP contribution is -1.94. The number of hydrogen-bond acceptors (Lipinski definition) is 2. The summed E-state index contributed by atoms with van der Waals surface area (Å²) in [6.45, 7) is 2.13. The summed E-state index contributed by atoms with van der Waals surface area (Å²) in [5, 5.41) is 1.10. The van der Waals surface area contributed by atoms with Gasteiger partial charge in [0.25, 0.3) is 0 Å². The maximum absolute atomic E-state index is 4.21. The minimum Gasteiger partial charge on any atom is -0.281 e. The Morgan fingerprint density at radius 1 is 1.50 bits per heavy atom. The van der Waals surface area contributed by atoms with Gasteiger partial charge < -0.3 is 0 Å². The number of thioether (sulfide) groups is 1. The van der Waals surface area contributed by atoms with Crippen LogP contribution in [0.15, 0.2) is 29.3 Å². The van der Waals surface area contributed by atoms with E-state index in [0.717, 1.165) is 10.8 Å². The molecule has 0 saturated heterocycles. The Kier molecular flexibility index (Phi) is 3.88. The fourth-order valence-electron chi connectivity index (χ4n) is 0.943. The van der Waals surface area contributed by atoms with Gasteiger partial charge in [-0.15, -0.1) is 11.8 Å². The van der Waals surface area contributed by atoms with Gasteiger partial charge in [0, 0.05) is 12.6 Å². The van der Waals surface area contributed by atoms with Crippen LogP contribution in [-0.2, 0) is 0 Å². The lowest BCUT2D eigenvalue weighted by atomic mass is 10.2. The molecule has 0 aliphatic heterocycles. The minimum atomic E-state index is 1.06. The van der Waals surface area contributed by atoms with Gasteiger partial charge in [-0.05, 0) is 11.8 Å². The SMILES string of the molecule is CCS/C(=N/C)c1cc[c]cc1. The summed E-state index contributed by atoms with van der Waals surface area (Å²) in [5.74, 6) is 1.06. The van der Waals surface area contributed by atoms with E-state index in [1.165, 1.54) is 5.56 Å². The van der Waals surface area contributed by atoms with Crippen LogP contribution in [0.2, 0.25) is 0 Å². The average molecular weight is 178 g/mol. The molecule has 1 nitrogen and oxygen atoms in total. The monoisotopic (exact) mass is 178 g/mol. The molecule has 63 valence electrons. The summed E-state index contributed by atoms with van der Waals surface area (Å²) in [5.41, 5.74) is 1.18. The van der Waals surface area contributed by atoms with Gasteiger partial charge in [-0.2, -0.15) is 0 Å².